The Morgan fingerprint density at radius 3 is 2.46 bits per heavy atom. The molecule has 0 saturated carbocycles. The highest BCUT2D eigenvalue weighted by Crippen LogP contribution is 2.35. The Labute approximate surface area is 152 Å². The molecule has 1 saturated heterocycles. The molecule has 2 rings (SSSR count). The summed E-state index contributed by atoms with van der Waals surface area (Å²) >= 11 is 12.1. The van der Waals surface area contributed by atoms with Gasteiger partial charge in [0, 0.05) is 12.5 Å². The number of amides is 1. The molecular formula is C17H23Cl2NO4. The third-order valence-corrected chi connectivity index (χ3v) is 5.12. The molecule has 1 aliphatic heterocycles. The van der Waals surface area contributed by atoms with E-state index in [0.29, 0.717) is 10.0 Å². The van der Waals surface area contributed by atoms with Crippen LogP contribution in [0.25, 0.3) is 0 Å². The summed E-state index contributed by atoms with van der Waals surface area (Å²) in [5, 5.41) is 20.2. The minimum Gasteiger partial charge on any atom is -0.465 e. The van der Waals surface area contributed by atoms with Crippen molar-refractivity contribution in [2.24, 2.45) is 5.41 Å². The van der Waals surface area contributed by atoms with Gasteiger partial charge in [-0.1, -0.05) is 50.0 Å². The van der Waals surface area contributed by atoms with Gasteiger partial charge in [0.25, 0.3) is 0 Å². The molecule has 1 aliphatic rings. The number of nitrogens with zero attached hydrogens (tertiary/aromatic N) is 1. The predicted octanol–water partition coefficient (Wildman–Crippen LogP) is 3.86. The number of ether oxygens (including phenoxy) is 1. The fourth-order valence-electron chi connectivity index (χ4n) is 2.85. The summed E-state index contributed by atoms with van der Waals surface area (Å²) in [5.74, 6) is -0.326. The molecule has 3 atom stereocenters. The van der Waals surface area contributed by atoms with Crippen LogP contribution >= 0.6 is 23.2 Å². The van der Waals surface area contributed by atoms with E-state index >= 15 is 0 Å². The molecule has 7 heteroatoms. The van der Waals surface area contributed by atoms with Crippen molar-refractivity contribution in [3.63, 3.8) is 0 Å². The van der Waals surface area contributed by atoms with Gasteiger partial charge < -0.3 is 19.8 Å². The molecule has 0 bridgehead atoms. The Morgan fingerprint density at radius 1 is 1.29 bits per heavy atom. The molecule has 0 aliphatic carbocycles. The number of hydrogen-bond acceptors (Lipinski definition) is 3. The molecule has 134 valence electrons. The first-order chi connectivity index (χ1) is 11.1. The van der Waals surface area contributed by atoms with Gasteiger partial charge in [0.1, 0.15) is 0 Å². The van der Waals surface area contributed by atoms with Crippen LogP contribution in [0.5, 0.6) is 0 Å². The third kappa shape index (κ3) is 4.33. The van der Waals surface area contributed by atoms with Crippen molar-refractivity contribution in [3.05, 3.63) is 33.8 Å². The lowest BCUT2D eigenvalue weighted by Gasteiger charge is -2.33. The standard InChI is InChI=1S/C17H23Cl2NO4/c1-17(2,3)15-8-20(16(22)23)7-11(14(9-21)24-15)10-4-5-12(18)13(19)6-10/h4-6,11,14-15,21H,7-9H2,1-3H3,(H,22,23)/t11-,14+,15?/m0/s1. The summed E-state index contributed by atoms with van der Waals surface area (Å²) in [5.41, 5.74) is 0.539. The Balaban J connectivity index is 2.41. The molecule has 0 aromatic heterocycles. The number of benzene rings is 1. The van der Waals surface area contributed by atoms with Crippen LogP contribution in [-0.2, 0) is 4.74 Å². The number of rotatable bonds is 2. The van der Waals surface area contributed by atoms with E-state index in [4.69, 9.17) is 27.9 Å². The minimum absolute atomic E-state index is 0.203. The maximum atomic E-state index is 11.6. The number of hydrogen-bond donors (Lipinski definition) is 2. The molecule has 1 aromatic rings. The lowest BCUT2D eigenvalue weighted by Crippen LogP contribution is -2.42. The summed E-state index contributed by atoms with van der Waals surface area (Å²) in [6, 6.07) is 5.17. The van der Waals surface area contributed by atoms with E-state index in [1.807, 2.05) is 20.8 Å². The first-order valence-corrected chi connectivity index (χ1v) is 8.58. The molecule has 1 amide bonds. The van der Waals surface area contributed by atoms with Gasteiger partial charge in [0.05, 0.1) is 35.4 Å². The van der Waals surface area contributed by atoms with Crippen LogP contribution in [0.4, 0.5) is 4.79 Å². The van der Waals surface area contributed by atoms with Crippen molar-refractivity contribution in [2.75, 3.05) is 19.7 Å². The summed E-state index contributed by atoms with van der Waals surface area (Å²) in [4.78, 5) is 13.0. The Morgan fingerprint density at radius 2 is 1.96 bits per heavy atom. The van der Waals surface area contributed by atoms with E-state index in [2.05, 4.69) is 0 Å². The van der Waals surface area contributed by atoms with Crippen LogP contribution in [0, 0.1) is 5.41 Å². The van der Waals surface area contributed by atoms with Crippen LogP contribution in [0.2, 0.25) is 10.0 Å². The van der Waals surface area contributed by atoms with Gasteiger partial charge in [-0.2, -0.15) is 0 Å². The second-order valence-corrected chi connectivity index (χ2v) is 7.99. The van der Waals surface area contributed by atoms with E-state index in [9.17, 15) is 15.0 Å². The SMILES string of the molecule is CC(C)(C)C1CN(C(=O)O)C[C@@H](c2ccc(Cl)c(Cl)c2)[C@@H](CO)O1. The van der Waals surface area contributed by atoms with E-state index in [1.54, 1.807) is 18.2 Å². The Bertz CT molecular complexity index is 603. The summed E-state index contributed by atoms with van der Waals surface area (Å²) in [6.45, 7) is 6.26. The van der Waals surface area contributed by atoms with Crippen LogP contribution in [0.1, 0.15) is 32.3 Å². The van der Waals surface area contributed by atoms with E-state index in [-0.39, 0.29) is 37.1 Å². The van der Waals surface area contributed by atoms with Gasteiger partial charge in [-0.25, -0.2) is 4.79 Å². The normalized spacial score (nSPS) is 25.4. The monoisotopic (exact) mass is 375 g/mol. The van der Waals surface area contributed by atoms with Crippen molar-refractivity contribution < 1.29 is 19.7 Å². The third-order valence-electron chi connectivity index (χ3n) is 4.38. The van der Waals surface area contributed by atoms with Gasteiger partial charge in [0.15, 0.2) is 0 Å². The summed E-state index contributed by atoms with van der Waals surface area (Å²) in [7, 11) is 0. The van der Waals surface area contributed by atoms with Gasteiger partial charge in [0.2, 0.25) is 0 Å². The quantitative estimate of drug-likeness (QED) is 0.822. The summed E-state index contributed by atoms with van der Waals surface area (Å²) < 4.78 is 6.11. The Hall–Kier alpha value is -1.01. The highest BCUT2D eigenvalue weighted by atomic mass is 35.5. The van der Waals surface area contributed by atoms with Crippen LogP contribution < -0.4 is 0 Å². The first-order valence-electron chi connectivity index (χ1n) is 7.82. The fourth-order valence-corrected chi connectivity index (χ4v) is 3.15. The molecule has 24 heavy (non-hydrogen) atoms. The number of aliphatic hydroxyl groups is 1. The van der Waals surface area contributed by atoms with E-state index < -0.39 is 12.2 Å². The van der Waals surface area contributed by atoms with Crippen LogP contribution in [0.3, 0.4) is 0 Å². The molecule has 1 unspecified atom stereocenters. The van der Waals surface area contributed by atoms with Crippen molar-refractivity contribution in [1.29, 1.82) is 0 Å². The van der Waals surface area contributed by atoms with Gasteiger partial charge in [-0.05, 0) is 23.1 Å². The maximum absolute atomic E-state index is 11.6. The number of carboxylic acid groups (broad SMARTS) is 1. The first kappa shape index (κ1) is 19.3. The molecule has 1 heterocycles. The number of carbonyl (C=O) groups is 1. The van der Waals surface area contributed by atoms with Crippen molar-refractivity contribution in [1.82, 2.24) is 4.90 Å². The molecule has 1 fully saturated rings. The van der Waals surface area contributed by atoms with E-state index in [1.165, 1.54) is 4.90 Å². The van der Waals surface area contributed by atoms with Crippen molar-refractivity contribution in [3.8, 4) is 0 Å². The zero-order chi connectivity index (χ0) is 18.1. The van der Waals surface area contributed by atoms with Gasteiger partial charge >= 0.3 is 6.09 Å². The summed E-state index contributed by atoms with van der Waals surface area (Å²) in [6.07, 6.45) is -1.84. The number of aliphatic hydroxyl groups excluding tert-OH is 1. The highest BCUT2D eigenvalue weighted by molar-refractivity contribution is 6.42. The number of halogens is 2. The smallest absolute Gasteiger partial charge is 0.407 e. The van der Waals surface area contributed by atoms with Crippen LogP contribution in [0.15, 0.2) is 18.2 Å². The lowest BCUT2D eigenvalue weighted by atomic mass is 9.88. The second kappa shape index (κ2) is 7.48. The minimum atomic E-state index is -1.00. The lowest BCUT2D eigenvalue weighted by molar-refractivity contribution is -0.0831. The van der Waals surface area contributed by atoms with Gasteiger partial charge in [-0.3, -0.25) is 0 Å². The zero-order valence-electron chi connectivity index (χ0n) is 14.0. The van der Waals surface area contributed by atoms with Gasteiger partial charge in [-0.15, -0.1) is 0 Å². The molecule has 5 nitrogen and oxygen atoms in total. The molecule has 2 N–H and O–H groups in total. The topological polar surface area (TPSA) is 70.0 Å². The van der Waals surface area contributed by atoms with Crippen LogP contribution in [-0.4, -0.2) is 53.1 Å². The zero-order valence-corrected chi connectivity index (χ0v) is 15.5. The molecule has 0 spiro atoms. The van der Waals surface area contributed by atoms with Crippen molar-refractivity contribution >= 4 is 29.3 Å². The average Bonchev–Trinajstić information content (AvgIpc) is 2.69. The molecule has 1 aromatic carbocycles. The fraction of sp³-hybridized carbons (Fsp3) is 0.588. The highest BCUT2D eigenvalue weighted by Gasteiger charge is 2.39. The largest absolute Gasteiger partial charge is 0.465 e. The Kier molecular flexibility index (Phi) is 6.02. The van der Waals surface area contributed by atoms with Crippen molar-refractivity contribution in [2.45, 2.75) is 38.9 Å². The second-order valence-electron chi connectivity index (χ2n) is 7.18. The van der Waals surface area contributed by atoms with E-state index in [0.717, 1.165) is 5.56 Å². The predicted molar refractivity (Wildman–Crippen MR) is 94.0 cm³/mol. The molecule has 0 radical (unpaired) electrons. The maximum Gasteiger partial charge on any atom is 0.407 e. The molecular weight excluding hydrogens is 353 g/mol. The average molecular weight is 376 g/mol.